The predicted octanol–water partition coefficient (Wildman–Crippen LogP) is 2.12. The van der Waals surface area contributed by atoms with Gasteiger partial charge in [0.15, 0.2) is 0 Å². The van der Waals surface area contributed by atoms with Gasteiger partial charge in [-0.15, -0.1) is 0 Å². The number of nitrogens with one attached hydrogen (secondary N) is 1. The first-order valence-corrected chi connectivity index (χ1v) is 8.60. The number of hydrogen-bond acceptors (Lipinski definition) is 4. The Balaban J connectivity index is 1.33. The van der Waals surface area contributed by atoms with Crippen molar-refractivity contribution in [2.75, 3.05) is 19.1 Å². The fraction of sp³-hybridized carbons (Fsp3) is 0.474. The maximum atomic E-state index is 12.8. The Bertz CT molecular complexity index is 705. The number of nitrogens with zero attached hydrogens (tertiary/aromatic N) is 1. The molecule has 1 saturated heterocycles. The molecular formula is C19H20N2O3. The van der Waals surface area contributed by atoms with Crippen LogP contribution in [0.2, 0.25) is 0 Å². The normalized spacial score (nSPS) is 38.1. The summed E-state index contributed by atoms with van der Waals surface area (Å²) in [6, 6.07) is 7.48. The fourth-order valence-electron chi connectivity index (χ4n) is 5.05. The first-order valence-electron chi connectivity index (χ1n) is 8.60. The second-order valence-corrected chi connectivity index (χ2v) is 7.32. The smallest absolute Gasteiger partial charge is 0.235 e. The van der Waals surface area contributed by atoms with Crippen molar-refractivity contribution >= 4 is 17.5 Å². The molecule has 2 saturated carbocycles. The Kier molecular flexibility index (Phi) is 2.84. The van der Waals surface area contributed by atoms with Gasteiger partial charge in [0.2, 0.25) is 11.8 Å². The van der Waals surface area contributed by atoms with Gasteiger partial charge in [-0.25, -0.2) is 0 Å². The Hall–Kier alpha value is -2.30. The van der Waals surface area contributed by atoms with E-state index in [4.69, 9.17) is 4.74 Å². The molecule has 1 aliphatic heterocycles. The molecular weight excluding hydrogens is 304 g/mol. The van der Waals surface area contributed by atoms with Crippen molar-refractivity contribution in [1.29, 1.82) is 0 Å². The summed E-state index contributed by atoms with van der Waals surface area (Å²) in [5.41, 5.74) is 0.871. The van der Waals surface area contributed by atoms with E-state index < -0.39 is 0 Å². The average Bonchev–Trinajstić information content (AvgIpc) is 3.39. The van der Waals surface area contributed by atoms with Gasteiger partial charge in [0, 0.05) is 5.69 Å². The minimum atomic E-state index is -0.117. The van der Waals surface area contributed by atoms with E-state index in [1.807, 2.05) is 24.3 Å². The van der Waals surface area contributed by atoms with E-state index in [1.165, 1.54) is 11.3 Å². The molecule has 5 heteroatoms. The summed E-state index contributed by atoms with van der Waals surface area (Å²) in [4.78, 5) is 27.1. The zero-order valence-corrected chi connectivity index (χ0v) is 13.5. The van der Waals surface area contributed by atoms with Crippen LogP contribution in [0.3, 0.4) is 0 Å². The highest BCUT2D eigenvalue weighted by Crippen LogP contribution is 2.65. The summed E-state index contributed by atoms with van der Waals surface area (Å²) in [5.74, 6) is 2.43. The molecule has 24 heavy (non-hydrogen) atoms. The summed E-state index contributed by atoms with van der Waals surface area (Å²) in [6.07, 6.45) is 5.59. The van der Waals surface area contributed by atoms with Gasteiger partial charge < -0.3 is 10.1 Å². The molecule has 1 aromatic rings. The third-order valence-electron chi connectivity index (χ3n) is 6.29. The number of rotatable bonds is 4. The van der Waals surface area contributed by atoms with Crippen LogP contribution in [0, 0.1) is 35.5 Å². The molecule has 3 fully saturated rings. The molecule has 0 radical (unpaired) electrons. The van der Waals surface area contributed by atoms with E-state index in [2.05, 4.69) is 17.5 Å². The average molecular weight is 324 g/mol. The van der Waals surface area contributed by atoms with E-state index in [9.17, 15) is 9.59 Å². The van der Waals surface area contributed by atoms with Gasteiger partial charge in [-0.3, -0.25) is 14.5 Å². The maximum Gasteiger partial charge on any atom is 0.235 e. The number of allylic oxidation sites excluding steroid dienone is 2. The van der Waals surface area contributed by atoms with Gasteiger partial charge in [0.05, 0.1) is 25.6 Å². The molecule has 1 aromatic carbocycles. The highest BCUT2D eigenvalue weighted by Gasteiger charge is 2.66. The van der Waals surface area contributed by atoms with E-state index in [1.54, 1.807) is 7.11 Å². The predicted molar refractivity (Wildman–Crippen MR) is 88.0 cm³/mol. The van der Waals surface area contributed by atoms with Gasteiger partial charge in [-0.05, 0) is 54.4 Å². The number of ether oxygens (including phenoxy) is 1. The molecule has 5 aliphatic rings. The summed E-state index contributed by atoms with van der Waals surface area (Å²) in [5, 5.41) is 3.19. The van der Waals surface area contributed by atoms with Crippen LogP contribution in [0.5, 0.6) is 5.75 Å². The standard InChI is InChI=1S/C19H20N2O3/c1-24-11-4-2-10(3-5-11)20-9-21-18(22)16-12-6-7-13(15-8-14(12)15)17(16)19(21)23/h2-7,12-17,20H,8-9H2,1H3/t12-,13-,14-,15+,16+,17-/m1/s1. The molecule has 1 N–H and O–H groups in total. The first-order chi connectivity index (χ1) is 11.7. The zero-order valence-electron chi connectivity index (χ0n) is 13.5. The summed E-state index contributed by atoms with van der Waals surface area (Å²) >= 11 is 0. The third kappa shape index (κ3) is 1.81. The fourth-order valence-corrected chi connectivity index (χ4v) is 5.05. The monoisotopic (exact) mass is 324 g/mol. The number of benzene rings is 1. The minimum absolute atomic E-state index is 0.00992. The van der Waals surface area contributed by atoms with Gasteiger partial charge in [0.1, 0.15) is 5.75 Å². The van der Waals surface area contributed by atoms with E-state index in [-0.39, 0.29) is 42.2 Å². The molecule has 124 valence electrons. The molecule has 1 heterocycles. The molecule has 0 aromatic heterocycles. The molecule has 5 nitrogen and oxygen atoms in total. The van der Waals surface area contributed by atoms with Crippen LogP contribution in [-0.4, -0.2) is 30.5 Å². The second-order valence-electron chi connectivity index (χ2n) is 7.32. The van der Waals surface area contributed by atoms with Gasteiger partial charge in [-0.1, -0.05) is 12.2 Å². The Morgan fingerprint density at radius 2 is 1.62 bits per heavy atom. The van der Waals surface area contributed by atoms with Crippen LogP contribution in [-0.2, 0) is 9.59 Å². The van der Waals surface area contributed by atoms with Crippen LogP contribution in [0.1, 0.15) is 6.42 Å². The van der Waals surface area contributed by atoms with Crippen molar-refractivity contribution in [2.45, 2.75) is 6.42 Å². The highest BCUT2D eigenvalue weighted by atomic mass is 16.5. The first kappa shape index (κ1) is 14.1. The van der Waals surface area contributed by atoms with Crippen LogP contribution in [0.25, 0.3) is 0 Å². The third-order valence-corrected chi connectivity index (χ3v) is 6.29. The number of methoxy groups -OCH3 is 1. The molecule has 4 aliphatic carbocycles. The van der Waals surface area contributed by atoms with E-state index in [0.717, 1.165) is 11.4 Å². The Morgan fingerprint density at radius 1 is 1.04 bits per heavy atom. The summed E-state index contributed by atoms with van der Waals surface area (Å²) in [7, 11) is 1.62. The quantitative estimate of drug-likeness (QED) is 0.681. The van der Waals surface area contributed by atoms with E-state index in [0.29, 0.717) is 11.8 Å². The Morgan fingerprint density at radius 3 is 2.17 bits per heavy atom. The second kappa shape index (κ2) is 4.85. The lowest BCUT2D eigenvalue weighted by molar-refractivity contribution is -0.139. The van der Waals surface area contributed by atoms with Crippen molar-refractivity contribution < 1.29 is 14.3 Å². The van der Waals surface area contributed by atoms with Gasteiger partial charge in [0.25, 0.3) is 0 Å². The van der Waals surface area contributed by atoms with E-state index >= 15 is 0 Å². The molecule has 2 bridgehead atoms. The molecule has 2 amide bonds. The number of amides is 2. The maximum absolute atomic E-state index is 12.8. The van der Waals surface area contributed by atoms with Gasteiger partial charge in [-0.2, -0.15) is 0 Å². The lowest BCUT2D eigenvalue weighted by Crippen LogP contribution is -2.40. The molecule has 0 unspecified atom stereocenters. The molecule has 6 atom stereocenters. The zero-order chi connectivity index (χ0) is 16.4. The number of carbonyl (C=O) groups excluding carboxylic acids is 2. The lowest BCUT2D eigenvalue weighted by atomic mass is 9.63. The van der Waals surface area contributed by atoms with Crippen molar-refractivity contribution in [1.82, 2.24) is 4.90 Å². The number of imide groups is 1. The number of carbonyl (C=O) groups is 2. The highest BCUT2D eigenvalue weighted by molar-refractivity contribution is 6.06. The van der Waals surface area contributed by atoms with Crippen molar-refractivity contribution in [3.63, 3.8) is 0 Å². The van der Waals surface area contributed by atoms with Crippen molar-refractivity contribution in [2.24, 2.45) is 35.5 Å². The number of anilines is 1. The van der Waals surface area contributed by atoms with Crippen LogP contribution >= 0.6 is 0 Å². The van der Waals surface area contributed by atoms with Gasteiger partial charge >= 0.3 is 0 Å². The minimum Gasteiger partial charge on any atom is -0.497 e. The number of likely N-dealkylation sites (tertiary alicyclic amines) is 1. The van der Waals surface area contributed by atoms with Crippen molar-refractivity contribution in [3.05, 3.63) is 36.4 Å². The molecule has 6 rings (SSSR count). The lowest BCUT2D eigenvalue weighted by Gasteiger charge is -2.37. The van der Waals surface area contributed by atoms with Crippen LogP contribution < -0.4 is 10.1 Å². The van der Waals surface area contributed by atoms with Crippen LogP contribution in [0.15, 0.2) is 36.4 Å². The SMILES string of the molecule is COc1ccc(NCN2C(=O)[C@@H]3[C@@H]4C=C[C@H]([C@H]5C[C@@H]45)[C@@H]3C2=O)cc1. The topological polar surface area (TPSA) is 58.6 Å². The van der Waals surface area contributed by atoms with Crippen LogP contribution in [0.4, 0.5) is 5.69 Å². The summed E-state index contributed by atoms with van der Waals surface area (Å²) < 4.78 is 5.14. The largest absolute Gasteiger partial charge is 0.497 e. The molecule has 0 spiro atoms. The van der Waals surface area contributed by atoms with Crippen molar-refractivity contribution in [3.8, 4) is 5.75 Å². The Labute approximate surface area is 140 Å². The summed E-state index contributed by atoms with van der Waals surface area (Å²) in [6.45, 7) is 0.242. The number of hydrogen-bond donors (Lipinski definition) is 1.